The van der Waals surface area contributed by atoms with Crippen LogP contribution in [0, 0.1) is 5.82 Å². The van der Waals surface area contributed by atoms with Crippen molar-refractivity contribution < 1.29 is 14.6 Å². The van der Waals surface area contributed by atoms with Gasteiger partial charge in [-0.05, 0) is 40.1 Å². The Labute approximate surface area is 109 Å². The van der Waals surface area contributed by atoms with Gasteiger partial charge in [-0.2, -0.15) is 11.3 Å². The normalized spacial score (nSPS) is 12.6. The van der Waals surface area contributed by atoms with E-state index >= 15 is 0 Å². The van der Waals surface area contributed by atoms with Crippen LogP contribution in [0.5, 0.6) is 5.75 Å². The van der Waals surface area contributed by atoms with E-state index in [-0.39, 0.29) is 5.75 Å². The summed E-state index contributed by atoms with van der Waals surface area (Å²) in [6.45, 7) is 0.845. The summed E-state index contributed by atoms with van der Waals surface area (Å²) in [5, 5.41) is 25.7. The fourth-order valence-electron chi connectivity index (χ4n) is 1.60. The predicted molar refractivity (Wildman–Crippen MR) is 69.1 cm³/mol. The van der Waals surface area contributed by atoms with Gasteiger partial charge in [-0.3, -0.25) is 0 Å². The van der Waals surface area contributed by atoms with Crippen LogP contribution in [-0.4, -0.2) is 16.8 Å². The van der Waals surface area contributed by atoms with Crippen molar-refractivity contribution >= 4 is 11.3 Å². The smallest absolute Gasteiger partial charge is 0.165 e. The lowest BCUT2D eigenvalue weighted by molar-refractivity contribution is 0.175. The highest BCUT2D eigenvalue weighted by Gasteiger charge is 2.07. The van der Waals surface area contributed by atoms with Crippen LogP contribution in [0.4, 0.5) is 4.39 Å². The summed E-state index contributed by atoms with van der Waals surface area (Å²) in [5.74, 6) is -0.982. The number of aliphatic hydroxyl groups excluding tert-OH is 1. The molecule has 1 unspecified atom stereocenters. The van der Waals surface area contributed by atoms with E-state index in [9.17, 15) is 9.50 Å². The zero-order chi connectivity index (χ0) is 13.0. The Kier molecular flexibility index (Phi) is 4.30. The van der Waals surface area contributed by atoms with Crippen LogP contribution < -0.4 is 5.32 Å². The number of hydrogen-bond acceptors (Lipinski definition) is 4. The first-order chi connectivity index (χ1) is 8.66. The summed E-state index contributed by atoms with van der Waals surface area (Å²) in [6, 6.07) is 6.11. The molecule has 5 heteroatoms. The van der Waals surface area contributed by atoms with Gasteiger partial charge in [0.15, 0.2) is 11.6 Å². The number of rotatable bonds is 5. The molecular formula is C13H14FNO2S. The second kappa shape index (κ2) is 5.95. The second-order valence-corrected chi connectivity index (χ2v) is 4.77. The average molecular weight is 267 g/mol. The molecule has 3 nitrogen and oxygen atoms in total. The van der Waals surface area contributed by atoms with E-state index in [4.69, 9.17) is 5.11 Å². The van der Waals surface area contributed by atoms with Gasteiger partial charge in [0, 0.05) is 13.1 Å². The number of phenolic OH excluding ortho intramolecular Hbond substituents is 1. The predicted octanol–water partition coefficient (Wildman–Crippen LogP) is 2.42. The molecule has 1 aromatic heterocycles. The van der Waals surface area contributed by atoms with E-state index in [2.05, 4.69) is 5.32 Å². The fraction of sp³-hybridized carbons (Fsp3) is 0.231. The molecule has 0 saturated carbocycles. The van der Waals surface area contributed by atoms with Gasteiger partial charge >= 0.3 is 0 Å². The number of aromatic hydroxyl groups is 1. The number of hydrogen-bond donors (Lipinski definition) is 3. The lowest BCUT2D eigenvalue weighted by atomic mass is 10.2. The van der Waals surface area contributed by atoms with Crippen molar-refractivity contribution in [2.45, 2.75) is 12.6 Å². The molecule has 0 aliphatic rings. The van der Waals surface area contributed by atoms with Crippen LogP contribution in [0.25, 0.3) is 0 Å². The van der Waals surface area contributed by atoms with Gasteiger partial charge in [0.05, 0.1) is 6.10 Å². The van der Waals surface area contributed by atoms with Crippen LogP contribution in [0.15, 0.2) is 35.0 Å². The van der Waals surface area contributed by atoms with E-state index < -0.39 is 11.9 Å². The zero-order valence-corrected chi connectivity index (χ0v) is 10.5. The Hall–Kier alpha value is -1.43. The minimum absolute atomic E-state index is 0.350. The number of thiophene rings is 1. The molecule has 0 spiro atoms. The summed E-state index contributed by atoms with van der Waals surface area (Å²) in [7, 11) is 0. The topological polar surface area (TPSA) is 52.5 Å². The third-order valence-electron chi connectivity index (χ3n) is 2.61. The maximum Gasteiger partial charge on any atom is 0.165 e. The van der Waals surface area contributed by atoms with Crippen molar-refractivity contribution in [2.24, 2.45) is 0 Å². The van der Waals surface area contributed by atoms with Crippen LogP contribution in [-0.2, 0) is 6.54 Å². The Morgan fingerprint density at radius 3 is 2.83 bits per heavy atom. The summed E-state index contributed by atoms with van der Waals surface area (Å²) in [6.07, 6.45) is -0.557. The number of phenols is 1. The molecule has 18 heavy (non-hydrogen) atoms. The minimum atomic E-state index is -0.632. The highest BCUT2D eigenvalue weighted by molar-refractivity contribution is 7.07. The molecule has 1 heterocycles. The first kappa shape index (κ1) is 13.0. The molecule has 0 saturated heterocycles. The molecular weight excluding hydrogens is 253 g/mol. The highest BCUT2D eigenvalue weighted by Crippen LogP contribution is 2.17. The third kappa shape index (κ3) is 3.29. The lowest BCUT2D eigenvalue weighted by Gasteiger charge is -2.10. The quantitative estimate of drug-likeness (QED) is 0.780. The number of aliphatic hydroxyl groups is 1. The summed E-state index contributed by atoms with van der Waals surface area (Å²) < 4.78 is 13.1. The van der Waals surface area contributed by atoms with Crippen molar-refractivity contribution in [3.05, 3.63) is 52.0 Å². The Morgan fingerprint density at radius 2 is 2.17 bits per heavy atom. The molecule has 0 amide bonds. The summed E-state index contributed by atoms with van der Waals surface area (Å²) in [4.78, 5) is 0. The summed E-state index contributed by atoms with van der Waals surface area (Å²) in [5.41, 5.74) is 1.60. The molecule has 0 aliphatic carbocycles. The van der Waals surface area contributed by atoms with Gasteiger partial charge in [-0.15, -0.1) is 0 Å². The first-order valence-corrected chi connectivity index (χ1v) is 6.49. The molecule has 0 aliphatic heterocycles. The zero-order valence-electron chi connectivity index (χ0n) is 9.64. The first-order valence-electron chi connectivity index (χ1n) is 5.55. The van der Waals surface area contributed by atoms with Gasteiger partial charge in [0.2, 0.25) is 0 Å². The van der Waals surface area contributed by atoms with Gasteiger partial charge in [0.25, 0.3) is 0 Å². The summed E-state index contributed by atoms with van der Waals surface area (Å²) >= 11 is 1.54. The molecule has 1 aromatic carbocycles. The highest BCUT2D eigenvalue weighted by atomic mass is 32.1. The molecule has 3 N–H and O–H groups in total. The largest absolute Gasteiger partial charge is 0.505 e. The van der Waals surface area contributed by atoms with E-state index in [1.807, 2.05) is 16.8 Å². The molecule has 1 atom stereocenters. The SMILES string of the molecule is Oc1ccc(CNCC(O)c2ccsc2)cc1F. The Morgan fingerprint density at radius 1 is 1.33 bits per heavy atom. The third-order valence-corrected chi connectivity index (χ3v) is 3.31. The van der Waals surface area contributed by atoms with E-state index in [0.29, 0.717) is 13.1 Å². The molecule has 2 rings (SSSR count). The van der Waals surface area contributed by atoms with E-state index in [1.165, 1.54) is 23.5 Å². The minimum Gasteiger partial charge on any atom is -0.505 e. The number of benzene rings is 1. The van der Waals surface area contributed by atoms with Crippen LogP contribution in [0.2, 0.25) is 0 Å². The van der Waals surface area contributed by atoms with Gasteiger partial charge in [-0.25, -0.2) is 4.39 Å². The Balaban J connectivity index is 1.83. The fourth-order valence-corrected chi connectivity index (χ4v) is 2.30. The standard InChI is InChI=1S/C13H14FNO2S/c14-11-5-9(1-2-12(11)16)6-15-7-13(17)10-3-4-18-8-10/h1-5,8,13,15-17H,6-7H2. The maximum absolute atomic E-state index is 13.1. The van der Waals surface area contributed by atoms with Crippen LogP contribution in [0.1, 0.15) is 17.2 Å². The second-order valence-electron chi connectivity index (χ2n) is 3.99. The average Bonchev–Trinajstić information content (AvgIpc) is 2.87. The van der Waals surface area contributed by atoms with Crippen molar-refractivity contribution in [1.29, 1.82) is 0 Å². The molecule has 0 fully saturated rings. The number of nitrogens with one attached hydrogen (secondary N) is 1. The molecule has 0 radical (unpaired) electrons. The van der Waals surface area contributed by atoms with Crippen LogP contribution >= 0.6 is 11.3 Å². The van der Waals surface area contributed by atoms with Gasteiger partial charge < -0.3 is 15.5 Å². The monoisotopic (exact) mass is 267 g/mol. The Bertz CT molecular complexity index is 502. The van der Waals surface area contributed by atoms with Crippen molar-refractivity contribution in [1.82, 2.24) is 5.32 Å². The molecule has 96 valence electrons. The van der Waals surface area contributed by atoms with Crippen molar-refractivity contribution in [3.63, 3.8) is 0 Å². The molecule has 0 bridgehead atoms. The van der Waals surface area contributed by atoms with Gasteiger partial charge in [-0.1, -0.05) is 6.07 Å². The van der Waals surface area contributed by atoms with Crippen molar-refractivity contribution in [3.8, 4) is 5.75 Å². The van der Waals surface area contributed by atoms with Crippen molar-refractivity contribution in [2.75, 3.05) is 6.54 Å². The van der Waals surface area contributed by atoms with E-state index in [0.717, 1.165) is 11.1 Å². The van der Waals surface area contributed by atoms with E-state index in [1.54, 1.807) is 6.07 Å². The number of halogens is 1. The maximum atomic E-state index is 13.1. The lowest BCUT2D eigenvalue weighted by Crippen LogP contribution is -2.20. The van der Waals surface area contributed by atoms with Crippen LogP contribution in [0.3, 0.4) is 0 Å². The van der Waals surface area contributed by atoms with Gasteiger partial charge in [0.1, 0.15) is 0 Å². The molecule has 2 aromatic rings.